The van der Waals surface area contributed by atoms with Gasteiger partial charge in [0.05, 0.1) is 7.11 Å². The van der Waals surface area contributed by atoms with Crippen molar-refractivity contribution in [2.75, 3.05) is 51.3 Å². The number of hydrogen-bond donors (Lipinski definition) is 0. The number of carbonyl (C=O) groups excluding carboxylic acids is 1. The fourth-order valence-corrected chi connectivity index (χ4v) is 6.12. The van der Waals surface area contributed by atoms with Gasteiger partial charge in [-0.05, 0) is 43.2 Å². The van der Waals surface area contributed by atoms with E-state index in [1.54, 1.807) is 17.0 Å². The number of nitrogens with zero attached hydrogens (tertiary/aromatic N) is 3. The predicted molar refractivity (Wildman–Crippen MR) is 125 cm³/mol. The molecular formula is C24H31N3O4S. The van der Waals surface area contributed by atoms with E-state index in [1.807, 2.05) is 18.2 Å². The summed E-state index contributed by atoms with van der Waals surface area (Å²) in [5, 5.41) is 0. The van der Waals surface area contributed by atoms with Crippen LogP contribution in [0, 0.1) is 0 Å². The van der Waals surface area contributed by atoms with Crippen LogP contribution in [-0.2, 0) is 10.0 Å². The Bertz CT molecular complexity index is 1030. The number of sulfonamides is 1. The first-order valence-corrected chi connectivity index (χ1v) is 12.7. The van der Waals surface area contributed by atoms with E-state index < -0.39 is 10.0 Å². The lowest BCUT2D eigenvalue weighted by molar-refractivity contribution is 0.0746. The molecule has 2 aromatic carbocycles. The Morgan fingerprint density at radius 2 is 1.50 bits per heavy atom. The molecule has 0 saturated carbocycles. The van der Waals surface area contributed by atoms with Gasteiger partial charge in [-0.2, -0.15) is 4.31 Å². The molecule has 8 heteroatoms. The Balaban J connectivity index is 1.52. The summed E-state index contributed by atoms with van der Waals surface area (Å²) in [7, 11) is -2.27. The topological polar surface area (TPSA) is 70.2 Å². The minimum absolute atomic E-state index is 0.0793. The number of benzene rings is 2. The summed E-state index contributed by atoms with van der Waals surface area (Å²) in [6.07, 6.45) is 3.78. The van der Waals surface area contributed by atoms with Gasteiger partial charge in [0.15, 0.2) is 0 Å². The number of ether oxygens (including phenoxy) is 1. The van der Waals surface area contributed by atoms with Crippen molar-refractivity contribution in [1.82, 2.24) is 9.21 Å². The first kappa shape index (κ1) is 22.6. The number of methoxy groups -OCH3 is 1. The largest absolute Gasteiger partial charge is 0.495 e. The second kappa shape index (κ2) is 9.92. The van der Waals surface area contributed by atoms with Gasteiger partial charge in [0, 0.05) is 50.5 Å². The number of carbonyl (C=O) groups is 1. The molecule has 0 aliphatic carbocycles. The molecule has 0 aromatic heterocycles. The highest BCUT2D eigenvalue weighted by atomic mass is 32.2. The number of anilines is 1. The fraction of sp³-hybridized carbons (Fsp3) is 0.458. The van der Waals surface area contributed by atoms with Crippen molar-refractivity contribution < 1.29 is 17.9 Å². The minimum Gasteiger partial charge on any atom is -0.495 e. The van der Waals surface area contributed by atoms with Crippen LogP contribution < -0.4 is 9.64 Å². The molecule has 2 aliphatic heterocycles. The molecule has 2 heterocycles. The molecule has 2 aromatic rings. The molecule has 0 spiro atoms. The molecule has 0 atom stereocenters. The average Bonchev–Trinajstić information content (AvgIpc) is 3.14. The summed E-state index contributed by atoms with van der Waals surface area (Å²) < 4.78 is 33.7. The molecule has 4 rings (SSSR count). The molecule has 1 amide bonds. The monoisotopic (exact) mass is 457 g/mol. The van der Waals surface area contributed by atoms with Crippen molar-refractivity contribution in [3.8, 4) is 5.75 Å². The molecule has 2 saturated heterocycles. The number of amides is 1. The van der Waals surface area contributed by atoms with E-state index >= 15 is 0 Å². The smallest absolute Gasteiger partial charge is 0.254 e. The summed E-state index contributed by atoms with van der Waals surface area (Å²) in [6.45, 7) is 3.67. The maximum Gasteiger partial charge on any atom is 0.254 e. The SMILES string of the molecule is COc1ccc(C(=O)N2CCN(c3ccccc3)CC2)cc1S(=O)(=O)N1CCCCCC1. The van der Waals surface area contributed by atoms with E-state index in [0.29, 0.717) is 31.7 Å². The molecule has 0 radical (unpaired) electrons. The summed E-state index contributed by atoms with van der Waals surface area (Å²) in [6, 6.07) is 14.9. The average molecular weight is 458 g/mol. The van der Waals surface area contributed by atoms with Crippen LogP contribution in [0.5, 0.6) is 5.75 Å². The number of hydrogen-bond acceptors (Lipinski definition) is 5. The summed E-state index contributed by atoms with van der Waals surface area (Å²) in [4.78, 5) is 17.3. The van der Waals surface area contributed by atoms with Gasteiger partial charge in [-0.25, -0.2) is 8.42 Å². The number of para-hydroxylation sites is 1. The van der Waals surface area contributed by atoms with E-state index in [0.717, 1.165) is 44.5 Å². The van der Waals surface area contributed by atoms with Gasteiger partial charge < -0.3 is 14.5 Å². The Hall–Kier alpha value is -2.58. The Kier molecular flexibility index (Phi) is 7.01. The normalized spacial score (nSPS) is 18.3. The molecule has 0 unspecified atom stereocenters. The molecule has 2 fully saturated rings. The third kappa shape index (κ3) is 4.76. The predicted octanol–water partition coefficient (Wildman–Crippen LogP) is 3.22. The first-order valence-electron chi connectivity index (χ1n) is 11.3. The van der Waals surface area contributed by atoms with Gasteiger partial charge in [-0.1, -0.05) is 31.0 Å². The van der Waals surface area contributed by atoms with Crippen LogP contribution in [0.15, 0.2) is 53.4 Å². The quantitative estimate of drug-likeness (QED) is 0.690. The lowest BCUT2D eigenvalue weighted by atomic mass is 10.1. The number of rotatable bonds is 5. The third-order valence-electron chi connectivity index (χ3n) is 6.28. The van der Waals surface area contributed by atoms with Gasteiger partial charge in [0.25, 0.3) is 5.91 Å². The Labute approximate surface area is 190 Å². The highest BCUT2D eigenvalue weighted by Gasteiger charge is 2.30. The molecule has 172 valence electrons. The van der Waals surface area contributed by atoms with Crippen LogP contribution in [0.3, 0.4) is 0 Å². The van der Waals surface area contributed by atoms with Gasteiger partial charge in [-0.15, -0.1) is 0 Å². The minimum atomic E-state index is -3.73. The van der Waals surface area contributed by atoms with E-state index in [1.165, 1.54) is 17.5 Å². The van der Waals surface area contributed by atoms with E-state index in [4.69, 9.17) is 4.74 Å². The Morgan fingerprint density at radius 3 is 2.12 bits per heavy atom. The highest BCUT2D eigenvalue weighted by Crippen LogP contribution is 2.30. The molecule has 0 bridgehead atoms. The van der Waals surface area contributed by atoms with Crippen molar-refractivity contribution >= 4 is 21.6 Å². The van der Waals surface area contributed by atoms with Crippen LogP contribution in [-0.4, -0.2) is 69.9 Å². The van der Waals surface area contributed by atoms with E-state index in [-0.39, 0.29) is 16.6 Å². The molecule has 32 heavy (non-hydrogen) atoms. The lowest BCUT2D eigenvalue weighted by Crippen LogP contribution is -2.48. The van der Waals surface area contributed by atoms with E-state index in [9.17, 15) is 13.2 Å². The van der Waals surface area contributed by atoms with Crippen molar-refractivity contribution in [3.63, 3.8) is 0 Å². The molecule has 2 aliphatic rings. The maximum absolute atomic E-state index is 13.4. The Morgan fingerprint density at radius 1 is 0.844 bits per heavy atom. The highest BCUT2D eigenvalue weighted by molar-refractivity contribution is 7.89. The summed E-state index contributed by atoms with van der Waals surface area (Å²) >= 11 is 0. The van der Waals surface area contributed by atoms with E-state index in [2.05, 4.69) is 17.0 Å². The van der Waals surface area contributed by atoms with Gasteiger partial charge in [-0.3, -0.25) is 4.79 Å². The van der Waals surface area contributed by atoms with Crippen LogP contribution in [0.4, 0.5) is 5.69 Å². The standard InChI is InChI=1S/C24H31N3O4S/c1-31-22-12-11-20(19-23(22)32(29,30)27-13-7-2-3-8-14-27)24(28)26-17-15-25(16-18-26)21-9-5-4-6-10-21/h4-6,9-12,19H,2-3,7-8,13-18H2,1H3. The second-order valence-electron chi connectivity index (χ2n) is 8.30. The zero-order chi connectivity index (χ0) is 22.6. The van der Waals surface area contributed by atoms with Crippen LogP contribution in [0.25, 0.3) is 0 Å². The first-order chi connectivity index (χ1) is 15.5. The van der Waals surface area contributed by atoms with Crippen molar-refractivity contribution in [1.29, 1.82) is 0 Å². The fourth-order valence-electron chi connectivity index (χ4n) is 4.42. The molecule has 7 nitrogen and oxygen atoms in total. The van der Waals surface area contributed by atoms with Gasteiger partial charge in [0.1, 0.15) is 10.6 Å². The zero-order valence-corrected chi connectivity index (χ0v) is 19.4. The summed E-state index contributed by atoms with van der Waals surface area (Å²) in [5.41, 5.74) is 1.53. The maximum atomic E-state index is 13.4. The van der Waals surface area contributed by atoms with Gasteiger partial charge in [0.2, 0.25) is 10.0 Å². The van der Waals surface area contributed by atoms with Crippen molar-refractivity contribution in [3.05, 3.63) is 54.1 Å². The van der Waals surface area contributed by atoms with Crippen LogP contribution in [0.2, 0.25) is 0 Å². The number of piperazine rings is 1. The van der Waals surface area contributed by atoms with Crippen molar-refractivity contribution in [2.24, 2.45) is 0 Å². The zero-order valence-electron chi connectivity index (χ0n) is 18.6. The second-order valence-corrected chi connectivity index (χ2v) is 10.2. The summed E-state index contributed by atoms with van der Waals surface area (Å²) in [5.74, 6) is 0.132. The third-order valence-corrected chi connectivity index (χ3v) is 8.20. The van der Waals surface area contributed by atoms with Crippen LogP contribution in [0.1, 0.15) is 36.0 Å². The lowest BCUT2D eigenvalue weighted by Gasteiger charge is -2.36. The molecular weight excluding hydrogens is 426 g/mol. The van der Waals surface area contributed by atoms with Gasteiger partial charge >= 0.3 is 0 Å². The van der Waals surface area contributed by atoms with Crippen LogP contribution >= 0.6 is 0 Å². The molecule has 0 N–H and O–H groups in total. The van der Waals surface area contributed by atoms with Crippen molar-refractivity contribution in [2.45, 2.75) is 30.6 Å².